The molecule has 86 valence electrons. The lowest BCUT2D eigenvalue weighted by molar-refractivity contribution is 0.760. The van der Waals surface area contributed by atoms with E-state index in [1.54, 1.807) is 6.20 Å². The van der Waals surface area contributed by atoms with Gasteiger partial charge in [-0.15, -0.1) is 0 Å². The molecule has 0 fully saturated rings. The first kappa shape index (κ1) is 11.5. The molecule has 2 heteroatoms. The Morgan fingerprint density at radius 2 is 1.88 bits per heavy atom. The highest BCUT2D eigenvalue weighted by molar-refractivity contribution is 5.36. The summed E-state index contributed by atoms with van der Waals surface area (Å²) in [5.41, 5.74) is 2.28. The van der Waals surface area contributed by atoms with Crippen LogP contribution >= 0.6 is 0 Å². The highest BCUT2D eigenvalue weighted by Crippen LogP contribution is 2.10. The predicted molar refractivity (Wildman–Crippen MR) is 69.8 cm³/mol. The maximum Gasteiger partial charge on any atom is 0.122 e. The molecule has 0 spiro atoms. The first-order valence-electron chi connectivity index (χ1n) is 5.79. The van der Waals surface area contributed by atoms with E-state index >= 15 is 0 Å². The van der Waals surface area contributed by atoms with E-state index < -0.39 is 0 Å². The van der Waals surface area contributed by atoms with E-state index in [4.69, 9.17) is 0 Å². The zero-order valence-electron chi connectivity index (χ0n) is 10.4. The number of aryl methyl sites for hydroxylation is 1. The molecule has 17 heavy (non-hydrogen) atoms. The third-order valence-corrected chi connectivity index (χ3v) is 2.56. The number of imidazole rings is 1. The van der Waals surface area contributed by atoms with Gasteiger partial charge >= 0.3 is 0 Å². The summed E-state index contributed by atoms with van der Waals surface area (Å²) in [7, 11) is 0. The smallest absolute Gasteiger partial charge is 0.122 e. The zero-order valence-corrected chi connectivity index (χ0v) is 10.4. The van der Waals surface area contributed by atoms with Crippen LogP contribution in [0.25, 0.3) is 0 Å². The van der Waals surface area contributed by atoms with Crippen LogP contribution in [0.2, 0.25) is 0 Å². The number of hydrogen-bond donors (Lipinski definition) is 0. The molecule has 1 aromatic carbocycles. The fraction of sp³-hybridized carbons (Fsp3) is 0.267. The standard InChI is InChI=1S/C15H16N2/c1-12(2)15-16-9-11-17(15)10-8-14-6-4-13(3)5-7-14/h4-7,9,11-12H,1-3H3. The van der Waals surface area contributed by atoms with Crippen molar-refractivity contribution < 1.29 is 0 Å². The van der Waals surface area contributed by atoms with Gasteiger partial charge in [0.25, 0.3) is 0 Å². The van der Waals surface area contributed by atoms with Gasteiger partial charge in [0.15, 0.2) is 0 Å². The molecular weight excluding hydrogens is 208 g/mol. The van der Waals surface area contributed by atoms with Gasteiger partial charge in [-0.25, -0.2) is 4.98 Å². The van der Waals surface area contributed by atoms with E-state index in [1.165, 1.54) is 5.56 Å². The molecule has 2 aromatic rings. The molecule has 0 saturated carbocycles. The minimum atomic E-state index is 0.386. The number of rotatable bonds is 1. The summed E-state index contributed by atoms with van der Waals surface area (Å²) < 4.78 is 1.89. The average molecular weight is 224 g/mol. The lowest BCUT2D eigenvalue weighted by Gasteiger charge is -2.02. The summed E-state index contributed by atoms with van der Waals surface area (Å²) in [6, 6.07) is 11.3. The lowest BCUT2D eigenvalue weighted by atomic mass is 10.2. The Morgan fingerprint density at radius 3 is 2.53 bits per heavy atom. The highest BCUT2D eigenvalue weighted by Gasteiger charge is 2.04. The third-order valence-electron chi connectivity index (χ3n) is 2.56. The molecule has 0 amide bonds. The van der Waals surface area contributed by atoms with Gasteiger partial charge in [-0.1, -0.05) is 31.5 Å². The van der Waals surface area contributed by atoms with E-state index in [0.717, 1.165) is 11.4 Å². The predicted octanol–water partition coefficient (Wildman–Crippen LogP) is 3.17. The highest BCUT2D eigenvalue weighted by atomic mass is 15.0. The topological polar surface area (TPSA) is 17.8 Å². The van der Waals surface area contributed by atoms with Crippen molar-refractivity contribution >= 4 is 0 Å². The summed E-state index contributed by atoms with van der Waals surface area (Å²) in [4.78, 5) is 4.30. The van der Waals surface area contributed by atoms with E-state index in [1.807, 2.05) is 22.9 Å². The van der Waals surface area contributed by atoms with Gasteiger partial charge in [-0.2, -0.15) is 0 Å². The summed E-state index contributed by atoms with van der Waals surface area (Å²) in [5.74, 6) is 4.53. The van der Waals surface area contributed by atoms with Crippen molar-refractivity contribution in [2.45, 2.75) is 26.7 Å². The second-order valence-electron chi connectivity index (χ2n) is 4.41. The van der Waals surface area contributed by atoms with E-state index in [-0.39, 0.29) is 0 Å². The molecule has 0 bridgehead atoms. The summed E-state index contributed by atoms with van der Waals surface area (Å²) in [6.07, 6.45) is 3.69. The van der Waals surface area contributed by atoms with Crippen molar-refractivity contribution in [3.63, 3.8) is 0 Å². The molecule has 0 aliphatic rings. The van der Waals surface area contributed by atoms with Gasteiger partial charge in [0.1, 0.15) is 5.82 Å². The first-order valence-corrected chi connectivity index (χ1v) is 5.79. The number of benzene rings is 1. The molecule has 0 N–H and O–H groups in total. The van der Waals surface area contributed by atoms with E-state index in [9.17, 15) is 0 Å². The number of aromatic nitrogens is 2. The van der Waals surface area contributed by atoms with Crippen LogP contribution in [0.5, 0.6) is 0 Å². The molecule has 0 radical (unpaired) electrons. The molecule has 0 unspecified atom stereocenters. The molecular formula is C15H16N2. The number of nitrogens with zero attached hydrogens (tertiary/aromatic N) is 2. The maximum absolute atomic E-state index is 4.30. The Bertz CT molecular complexity index is 551. The Labute approximate surface area is 102 Å². The molecule has 1 heterocycles. The van der Waals surface area contributed by atoms with Crippen LogP contribution in [0, 0.1) is 18.9 Å². The fourth-order valence-corrected chi connectivity index (χ4v) is 1.60. The quantitative estimate of drug-likeness (QED) is 0.680. The number of hydrogen-bond acceptors (Lipinski definition) is 1. The Morgan fingerprint density at radius 1 is 1.18 bits per heavy atom. The van der Waals surface area contributed by atoms with Crippen LogP contribution in [-0.2, 0) is 0 Å². The van der Waals surface area contributed by atoms with Gasteiger partial charge in [-0.3, -0.25) is 4.57 Å². The minimum Gasteiger partial charge on any atom is -0.262 e. The molecule has 0 atom stereocenters. The molecule has 2 nitrogen and oxygen atoms in total. The largest absolute Gasteiger partial charge is 0.262 e. The molecule has 0 aliphatic carbocycles. The average Bonchev–Trinajstić information content (AvgIpc) is 2.76. The van der Waals surface area contributed by atoms with Crippen molar-refractivity contribution in [3.05, 3.63) is 53.6 Å². The summed E-state index contributed by atoms with van der Waals surface area (Å²) >= 11 is 0. The maximum atomic E-state index is 4.30. The van der Waals surface area contributed by atoms with Gasteiger partial charge in [-0.05, 0) is 25.0 Å². The van der Waals surface area contributed by atoms with Crippen LogP contribution in [0.3, 0.4) is 0 Å². The lowest BCUT2D eigenvalue weighted by Crippen LogP contribution is -1.99. The van der Waals surface area contributed by atoms with Gasteiger partial charge in [0, 0.05) is 29.9 Å². The van der Waals surface area contributed by atoms with Gasteiger partial charge in [0.05, 0.1) is 0 Å². The van der Waals surface area contributed by atoms with Crippen molar-refractivity contribution in [3.8, 4) is 12.0 Å². The zero-order chi connectivity index (χ0) is 12.3. The van der Waals surface area contributed by atoms with Crippen LogP contribution in [-0.4, -0.2) is 9.55 Å². The summed E-state index contributed by atoms with van der Waals surface area (Å²) in [6.45, 7) is 6.31. The normalized spacial score (nSPS) is 10.1. The van der Waals surface area contributed by atoms with Crippen molar-refractivity contribution in [2.24, 2.45) is 0 Å². The molecule has 0 aliphatic heterocycles. The fourth-order valence-electron chi connectivity index (χ4n) is 1.60. The Kier molecular flexibility index (Phi) is 3.30. The Balaban J connectivity index is 2.27. The summed E-state index contributed by atoms with van der Waals surface area (Å²) in [5, 5.41) is 0. The van der Waals surface area contributed by atoms with Crippen molar-refractivity contribution in [2.75, 3.05) is 0 Å². The van der Waals surface area contributed by atoms with Crippen LogP contribution < -0.4 is 0 Å². The van der Waals surface area contributed by atoms with Gasteiger partial charge in [0.2, 0.25) is 0 Å². The van der Waals surface area contributed by atoms with Crippen molar-refractivity contribution in [1.82, 2.24) is 9.55 Å². The Hall–Kier alpha value is -2.01. The van der Waals surface area contributed by atoms with Crippen LogP contribution in [0.15, 0.2) is 36.7 Å². The molecule has 2 rings (SSSR count). The molecule has 1 aromatic heterocycles. The SMILES string of the molecule is Cc1ccc(C#Cn2ccnc2C(C)C)cc1. The van der Waals surface area contributed by atoms with E-state index in [2.05, 4.69) is 49.9 Å². The minimum absolute atomic E-state index is 0.386. The molecule has 0 saturated heterocycles. The second kappa shape index (κ2) is 4.88. The van der Waals surface area contributed by atoms with Crippen LogP contribution in [0.4, 0.5) is 0 Å². The van der Waals surface area contributed by atoms with Gasteiger partial charge < -0.3 is 0 Å². The van der Waals surface area contributed by atoms with Crippen molar-refractivity contribution in [1.29, 1.82) is 0 Å². The van der Waals surface area contributed by atoms with Crippen LogP contribution in [0.1, 0.15) is 36.7 Å². The second-order valence-corrected chi connectivity index (χ2v) is 4.41. The van der Waals surface area contributed by atoms with E-state index in [0.29, 0.717) is 5.92 Å². The third kappa shape index (κ3) is 2.76. The first-order chi connectivity index (χ1) is 8.16. The monoisotopic (exact) mass is 224 g/mol.